The monoisotopic (exact) mass is 496 g/mol. The molecule has 0 amide bonds. The Morgan fingerprint density at radius 3 is 1.41 bits per heavy atom. The normalized spacial score (nSPS) is 10.9. The van der Waals surface area contributed by atoms with Gasteiger partial charge in [0.05, 0.1) is 0 Å². The van der Waals surface area contributed by atoms with Gasteiger partial charge in [-0.2, -0.15) is 0 Å². The van der Waals surface area contributed by atoms with Crippen LogP contribution in [0.15, 0.2) is 91.0 Å². The van der Waals surface area contributed by atoms with E-state index in [-0.39, 0.29) is 24.8 Å². The Morgan fingerprint density at radius 2 is 1.03 bits per heavy atom. The van der Waals surface area contributed by atoms with Crippen LogP contribution in [0.4, 0.5) is 0 Å². The molecule has 0 atom stereocenters. The van der Waals surface area contributed by atoms with Crippen molar-refractivity contribution in [3.8, 4) is 0 Å². The summed E-state index contributed by atoms with van der Waals surface area (Å²) in [6, 6.07) is 30.1. The summed E-state index contributed by atoms with van der Waals surface area (Å²) < 4.78 is 14.3. The van der Waals surface area contributed by atoms with Crippen molar-refractivity contribution in [1.82, 2.24) is 0 Å². The number of methoxy groups -OCH3 is 1. The van der Waals surface area contributed by atoms with Crippen LogP contribution in [0.3, 0.4) is 0 Å². The van der Waals surface area contributed by atoms with Gasteiger partial charge >= 0.3 is 176 Å². The van der Waals surface area contributed by atoms with Crippen LogP contribution in [-0.2, 0) is 17.4 Å². The van der Waals surface area contributed by atoms with E-state index in [0.717, 1.165) is 10.7 Å². The molecule has 5 heteroatoms. The molecule has 3 rings (SSSR count). The molecule has 0 saturated heterocycles. The SMILES string of the molecule is COC(=O)CCCC(=O)[O][Sn]([c]1ccccc1)([c]1ccccc1)[c]1ccccc1. The van der Waals surface area contributed by atoms with E-state index < -0.39 is 18.8 Å². The number of hydrogen-bond acceptors (Lipinski definition) is 4. The first-order valence-corrected chi connectivity index (χ1v) is 15.1. The summed E-state index contributed by atoms with van der Waals surface area (Å²) in [6.07, 6.45) is 0.794. The molecule has 0 fully saturated rings. The minimum absolute atomic E-state index is 0.181. The number of ether oxygens (including phenoxy) is 1. The van der Waals surface area contributed by atoms with Gasteiger partial charge in [0.2, 0.25) is 0 Å². The average molecular weight is 495 g/mol. The summed E-state index contributed by atoms with van der Waals surface area (Å²) >= 11 is -4.04. The molecule has 0 aliphatic rings. The van der Waals surface area contributed by atoms with Crippen LogP contribution in [0.25, 0.3) is 0 Å². The molecule has 0 spiro atoms. The molecular weight excluding hydrogens is 471 g/mol. The second kappa shape index (κ2) is 10.3. The van der Waals surface area contributed by atoms with Gasteiger partial charge in [-0.25, -0.2) is 0 Å². The third-order valence-electron chi connectivity index (χ3n) is 4.80. The van der Waals surface area contributed by atoms with Crippen molar-refractivity contribution in [3.05, 3.63) is 91.0 Å². The maximum atomic E-state index is 12.9. The Morgan fingerprint density at radius 1 is 0.655 bits per heavy atom. The van der Waals surface area contributed by atoms with Crippen molar-refractivity contribution in [2.24, 2.45) is 0 Å². The van der Waals surface area contributed by atoms with Gasteiger partial charge < -0.3 is 0 Å². The standard InChI is InChI=1S/C6H10O4.3C6H5.Sn/c1-10-6(9)4-2-3-5(7)8;3*1-2-4-6-5-3-1;/h2-4H2,1H3,(H,7,8);3*1-5H;/q;;;;+1/p-1. The van der Waals surface area contributed by atoms with Gasteiger partial charge in [0, 0.05) is 0 Å². The quantitative estimate of drug-likeness (QED) is 0.356. The third kappa shape index (κ3) is 5.06. The molecule has 0 radical (unpaired) electrons. The minimum atomic E-state index is -4.04. The molecule has 0 unspecified atom stereocenters. The summed E-state index contributed by atoms with van der Waals surface area (Å²) in [4.78, 5) is 24.3. The summed E-state index contributed by atoms with van der Waals surface area (Å²) in [5.41, 5.74) is 0. The van der Waals surface area contributed by atoms with E-state index in [1.165, 1.54) is 7.11 Å². The number of esters is 1. The molecule has 0 aliphatic carbocycles. The van der Waals surface area contributed by atoms with Crippen molar-refractivity contribution in [3.63, 3.8) is 0 Å². The van der Waals surface area contributed by atoms with Gasteiger partial charge in [0.1, 0.15) is 0 Å². The predicted molar refractivity (Wildman–Crippen MR) is 116 cm³/mol. The van der Waals surface area contributed by atoms with Crippen molar-refractivity contribution in [2.45, 2.75) is 19.3 Å². The van der Waals surface area contributed by atoms with Crippen LogP contribution in [0.2, 0.25) is 0 Å². The number of rotatable bonds is 8. The molecule has 0 N–H and O–H groups in total. The van der Waals surface area contributed by atoms with E-state index in [0.29, 0.717) is 6.42 Å². The molecule has 148 valence electrons. The van der Waals surface area contributed by atoms with Crippen LogP contribution >= 0.6 is 0 Å². The molecule has 3 aromatic carbocycles. The zero-order valence-electron chi connectivity index (χ0n) is 16.4. The van der Waals surface area contributed by atoms with Gasteiger partial charge in [-0.15, -0.1) is 0 Å². The van der Waals surface area contributed by atoms with E-state index in [4.69, 9.17) is 3.07 Å². The molecule has 4 nitrogen and oxygen atoms in total. The summed E-state index contributed by atoms with van der Waals surface area (Å²) in [5.74, 6) is -0.594. The Balaban J connectivity index is 2.03. The number of benzene rings is 3. The molecule has 0 bridgehead atoms. The Labute approximate surface area is 175 Å². The van der Waals surface area contributed by atoms with E-state index in [2.05, 4.69) is 41.1 Å². The molecule has 0 heterocycles. The first kappa shape index (κ1) is 21.1. The Bertz CT molecular complexity index is 830. The summed E-state index contributed by atoms with van der Waals surface area (Å²) in [5, 5.41) is 0. The van der Waals surface area contributed by atoms with Gasteiger partial charge in [0.25, 0.3) is 0 Å². The summed E-state index contributed by atoms with van der Waals surface area (Å²) in [7, 11) is 1.35. The molecule has 3 aromatic rings. The fourth-order valence-corrected chi connectivity index (χ4v) is 14.2. The van der Waals surface area contributed by atoms with E-state index in [1.807, 2.05) is 54.6 Å². The van der Waals surface area contributed by atoms with Crippen LogP contribution in [0.1, 0.15) is 19.3 Å². The fourth-order valence-electron chi connectivity index (χ4n) is 3.40. The number of carbonyl (C=O) groups excluding carboxylic acids is 2. The topological polar surface area (TPSA) is 52.6 Å². The number of hydrogen-bond donors (Lipinski definition) is 0. The van der Waals surface area contributed by atoms with Gasteiger partial charge in [-0.3, -0.25) is 0 Å². The predicted octanol–water partition coefficient (Wildman–Crippen LogP) is 2.54. The van der Waals surface area contributed by atoms with Crippen molar-refractivity contribution in [1.29, 1.82) is 0 Å². The molecule has 0 aromatic heterocycles. The van der Waals surface area contributed by atoms with Gasteiger partial charge in [0.15, 0.2) is 0 Å². The van der Waals surface area contributed by atoms with Gasteiger partial charge in [-0.05, 0) is 0 Å². The third-order valence-corrected chi connectivity index (χ3v) is 16.1. The van der Waals surface area contributed by atoms with E-state index in [9.17, 15) is 9.59 Å². The molecule has 29 heavy (non-hydrogen) atoms. The molecular formula is C24H24O4Sn. The van der Waals surface area contributed by atoms with Crippen molar-refractivity contribution >= 4 is 41.5 Å². The maximum absolute atomic E-state index is 12.9. The van der Waals surface area contributed by atoms with Crippen LogP contribution in [0, 0.1) is 0 Å². The van der Waals surface area contributed by atoms with Crippen molar-refractivity contribution in [2.75, 3.05) is 7.11 Å². The zero-order chi connectivity index (χ0) is 20.5. The molecule has 0 aliphatic heterocycles. The fraction of sp³-hybridized carbons (Fsp3) is 0.167. The van der Waals surface area contributed by atoms with Crippen molar-refractivity contribution < 1.29 is 17.4 Å². The Hall–Kier alpha value is -2.60. The Kier molecular flexibility index (Phi) is 7.47. The first-order valence-electron chi connectivity index (χ1n) is 9.62. The van der Waals surface area contributed by atoms with Crippen LogP contribution in [0.5, 0.6) is 0 Å². The average Bonchev–Trinajstić information content (AvgIpc) is 2.79. The zero-order valence-corrected chi connectivity index (χ0v) is 19.3. The number of carbonyl (C=O) groups is 2. The van der Waals surface area contributed by atoms with E-state index in [1.54, 1.807) is 0 Å². The van der Waals surface area contributed by atoms with Gasteiger partial charge in [-0.1, -0.05) is 0 Å². The molecule has 0 saturated carbocycles. The van der Waals surface area contributed by atoms with E-state index >= 15 is 0 Å². The van der Waals surface area contributed by atoms with Crippen LogP contribution in [-0.4, -0.2) is 37.8 Å². The van der Waals surface area contributed by atoms with Crippen LogP contribution < -0.4 is 10.7 Å². The first-order chi connectivity index (χ1) is 14.2. The summed E-state index contributed by atoms with van der Waals surface area (Å²) in [6.45, 7) is 0. The second-order valence-electron chi connectivity index (χ2n) is 6.68. The second-order valence-corrected chi connectivity index (χ2v) is 16.1.